The molecule has 1 saturated heterocycles. The quantitative estimate of drug-likeness (QED) is 0.801. The van der Waals surface area contributed by atoms with E-state index in [-0.39, 0.29) is 5.91 Å². The van der Waals surface area contributed by atoms with Crippen LogP contribution in [0.5, 0.6) is 0 Å². The fourth-order valence-corrected chi connectivity index (χ4v) is 2.39. The number of carbonyl (C=O) groups is 1. The van der Waals surface area contributed by atoms with Crippen LogP contribution in [0.1, 0.15) is 48.2 Å². The first kappa shape index (κ1) is 14.0. The molecule has 1 atom stereocenters. The molecule has 0 aromatic carbocycles. The van der Waals surface area contributed by atoms with Gasteiger partial charge in [0.15, 0.2) is 0 Å². The predicted molar refractivity (Wildman–Crippen MR) is 74.1 cm³/mol. The van der Waals surface area contributed by atoms with Gasteiger partial charge in [-0.2, -0.15) is 0 Å². The molecule has 1 aliphatic rings. The molecule has 1 N–H and O–H groups in total. The van der Waals surface area contributed by atoms with Crippen molar-refractivity contribution in [3.8, 4) is 0 Å². The number of aryl methyl sites for hydroxylation is 1. The van der Waals surface area contributed by atoms with Crippen LogP contribution >= 0.6 is 0 Å². The van der Waals surface area contributed by atoms with Crippen molar-refractivity contribution in [2.24, 2.45) is 0 Å². The van der Waals surface area contributed by atoms with E-state index in [4.69, 9.17) is 4.74 Å². The number of aromatic nitrogens is 1. The molecule has 2 heterocycles. The van der Waals surface area contributed by atoms with E-state index < -0.39 is 0 Å². The Labute approximate surface area is 114 Å². The van der Waals surface area contributed by atoms with Gasteiger partial charge >= 0.3 is 0 Å². The Morgan fingerprint density at radius 2 is 2.42 bits per heavy atom. The molecular weight excluding hydrogens is 240 g/mol. The van der Waals surface area contributed by atoms with Gasteiger partial charge in [0.25, 0.3) is 5.91 Å². The van der Waals surface area contributed by atoms with Crippen LogP contribution in [0.2, 0.25) is 0 Å². The number of rotatable bonds is 6. The lowest BCUT2D eigenvalue weighted by Gasteiger charge is -2.09. The first-order chi connectivity index (χ1) is 9.27. The van der Waals surface area contributed by atoms with Crippen LogP contribution < -0.4 is 5.32 Å². The van der Waals surface area contributed by atoms with Crippen molar-refractivity contribution in [3.63, 3.8) is 0 Å². The lowest BCUT2D eigenvalue weighted by atomic mass is 10.1. The second-order valence-electron chi connectivity index (χ2n) is 5.02. The summed E-state index contributed by atoms with van der Waals surface area (Å²) in [6, 6.07) is 3.60. The number of ether oxygens (including phenoxy) is 1. The zero-order chi connectivity index (χ0) is 13.5. The summed E-state index contributed by atoms with van der Waals surface area (Å²) in [5.41, 5.74) is 1.45. The Balaban J connectivity index is 1.62. The van der Waals surface area contributed by atoms with Crippen molar-refractivity contribution >= 4 is 5.91 Å². The van der Waals surface area contributed by atoms with E-state index in [1.807, 2.05) is 13.0 Å². The minimum atomic E-state index is -0.0253. The average Bonchev–Trinajstić information content (AvgIpc) is 2.92. The second-order valence-corrected chi connectivity index (χ2v) is 5.02. The highest BCUT2D eigenvalue weighted by atomic mass is 16.5. The molecule has 4 heteroatoms. The van der Waals surface area contributed by atoms with Crippen LogP contribution in [0.4, 0.5) is 0 Å². The molecule has 1 aromatic heterocycles. The van der Waals surface area contributed by atoms with E-state index in [0.29, 0.717) is 11.7 Å². The Morgan fingerprint density at radius 1 is 1.53 bits per heavy atom. The predicted octanol–water partition coefficient (Wildman–Crippen LogP) is 2.47. The molecule has 0 saturated carbocycles. The first-order valence-corrected chi connectivity index (χ1v) is 7.09. The van der Waals surface area contributed by atoms with Gasteiger partial charge in [0.1, 0.15) is 0 Å². The average molecular weight is 262 g/mol. The van der Waals surface area contributed by atoms with Gasteiger partial charge in [-0.1, -0.05) is 0 Å². The highest BCUT2D eigenvalue weighted by Crippen LogP contribution is 2.17. The molecule has 2 rings (SSSR count). The molecule has 1 aliphatic heterocycles. The second kappa shape index (κ2) is 7.24. The number of unbranched alkanes of at least 4 members (excludes halogenated alkanes) is 1. The summed E-state index contributed by atoms with van der Waals surface area (Å²) >= 11 is 0. The van der Waals surface area contributed by atoms with Crippen LogP contribution in [-0.2, 0) is 4.74 Å². The monoisotopic (exact) mass is 262 g/mol. The van der Waals surface area contributed by atoms with Crippen LogP contribution in [-0.4, -0.2) is 30.1 Å². The standard InChI is InChI=1S/C15H22N2O2/c1-12-14(8-4-10-16-12)15(18)17-9-3-2-6-13-7-5-11-19-13/h4,8,10,13H,2-3,5-7,9,11H2,1H3,(H,17,18)/t13-/m1/s1. The highest BCUT2D eigenvalue weighted by Gasteiger charge is 2.14. The number of nitrogens with zero attached hydrogens (tertiary/aromatic N) is 1. The molecule has 0 radical (unpaired) electrons. The van der Waals surface area contributed by atoms with E-state index in [2.05, 4.69) is 10.3 Å². The summed E-state index contributed by atoms with van der Waals surface area (Å²) in [4.78, 5) is 16.0. The minimum Gasteiger partial charge on any atom is -0.378 e. The van der Waals surface area contributed by atoms with Gasteiger partial charge in [-0.15, -0.1) is 0 Å². The van der Waals surface area contributed by atoms with Crippen molar-refractivity contribution in [1.82, 2.24) is 10.3 Å². The Hall–Kier alpha value is -1.42. The number of carbonyl (C=O) groups excluding carboxylic acids is 1. The van der Waals surface area contributed by atoms with Crippen molar-refractivity contribution in [2.45, 2.75) is 45.1 Å². The maximum atomic E-state index is 11.9. The van der Waals surface area contributed by atoms with Crippen LogP contribution in [0, 0.1) is 6.92 Å². The third kappa shape index (κ3) is 4.31. The number of nitrogens with one attached hydrogen (secondary N) is 1. The van der Waals surface area contributed by atoms with Gasteiger partial charge in [-0.25, -0.2) is 0 Å². The third-order valence-electron chi connectivity index (χ3n) is 3.51. The zero-order valence-electron chi connectivity index (χ0n) is 11.5. The maximum absolute atomic E-state index is 11.9. The highest BCUT2D eigenvalue weighted by molar-refractivity contribution is 5.95. The van der Waals surface area contributed by atoms with Crippen LogP contribution in [0.15, 0.2) is 18.3 Å². The smallest absolute Gasteiger partial charge is 0.253 e. The Kier molecular flexibility index (Phi) is 5.33. The number of hydrogen-bond donors (Lipinski definition) is 1. The summed E-state index contributed by atoms with van der Waals surface area (Å²) < 4.78 is 5.57. The number of hydrogen-bond acceptors (Lipinski definition) is 3. The van der Waals surface area contributed by atoms with Crippen LogP contribution in [0.25, 0.3) is 0 Å². The first-order valence-electron chi connectivity index (χ1n) is 7.09. The summed E-state index contributed by atoms with van der Waals surface area (Å²) in [7, 11) is 0. The fourth-order valence-electron chi connectivity index (χ4n) is 2.39. The van der Waals surface area contributed by atoms with Gasteiger partial charge in [0, 0.05) is 25.0 Å². The molecule has 1 aromatic rings. The summed E-state index contributed by atoms with van der Waals surface area (Å²) in [5, 5.41) is 2.95. The van der Waals surface area contributed by atoms with Crippen molar-refractivity contribution in [1.29, 1.82) is 0 Å². The normalized spacial score (nSPS) is 18.5. The van der Waals surface area contributed by atoms with E-state index >= 15 is 0 Å². The summed E-state index contributed by atoms with van der Waals surface area (Å²) in [5.74, 6) is -0.0253. The lowest BCUT2D eigenvalue weighted by molar-refractivity contribution is 0.0946. The molecule has 0 bridgehead atoms. The number of amides is 1. The Bertz CT molecular complexity index is 414. The van der Waals surface area contributed by atoms with E-state index in [9.17, 15) is 4.79 Å². The van der Waals surface area contributed by atoms with Gasteiger partial charge in [-0.3, -0.25) is 9.78 Å². The van der Waals surface area contributed by atoms with Crippen molar-refractivity contribution in [2.75, 3.05) is 13.2 Å². The van der Waals surface area contributed by atoms with Gasteiger partial charge < -0.3 is 10.1 Å². The summed E-state index contributed by atoms with van der Waals surface area (Å²) in [6.45, 7) is 3.49. The molecule has 19 heavy (non-hydrogen) atoms. The van der Waals surface area contributed by atoms with Crippen molar-refractivity contribution < 1.29 is 9.53 Å². The molecule has 0 aliphatic carbocycles. The Morgan fingerprint density at radius 3 is 3.16 bits per heavy atom. The van der Waals surface area contributed by atoms with E-state index in [1.165, 1.54) is 12.8 Å². The van der Waals surface area contributed by atoms with E-state index in [1.54, 1.807) is 12.3 Å². The SMILES string of the molecule is Cc1ncccc1C(=O)NCCCC[C@@H]1CCCO1. The minimum absolute atomic E-state index is 0.0253. The molecule has 1 amide bonds. The van der Waals surface area contributed by atoms with Crippen LogP contribution in [0.3, 0.4) is 0 Å². The third-order valence-corrected chi connectivity index (χ3v) is 3.51. The van der Waals surface area contributed by atoms with Gasteiger partial charge in [-0.05, 0) is 51.2 Å². The fraction of sp³-hybridized carbons (Fsp3) is 0.600. The van der Waals surface area contributed by atoms with E-state index in [0.717, 1.165) is 38.1 Å². The molecule has 104 valence electrons. The largest absolute Gasteiger partial charge is 0.378 e. The zero-order valence-corrected chi connectivity index (χ0v) is 11.5. The van der Waals surface area contributed by atoms with Crippen molar-refractivity contribution in [3.05, 3.63) is 29.6 Å². The topological polar surface area (TPSA) is 51.2 Å². The van der Waals surface area contributed by atoms with Gasteiger partial charge in [0.2, 0.25) is 0 Å². The van der Waals surface area contributed by atoms with Gasteiger partial charge in [0.05, 0.1) is 11.7 Å². The molecule has 1 fully saturated rings. The number of pyridine rings is 1. The molecular formula is C15H22N2O2. The lowest BCUT2D eigenvalue weighted by Crippen LogP contribution is -2.25. The summed E-state index contributed by atoms with van der Waals surface area (Å²) in [6.07, 6.45) is 7.77. The molecule has 0 unspecified atom stereocenters. The molecule has 4 nitrogen and oxygen atoms in total. The maximum Gasteiger partial charge on any atom is 0.253 e. The molecule has 0 spiro atoms.